The molecular weight excluding hydrogens is 498 g/mol. The molecule has 0 atom stereocenters. The number of nitrogens with one attached hydrogen (secondary N) is 2. The molecule has 2 aromatic heterocycles. The van der Waals surface area contributed by atoms with Crippen LogP contribution in [-0.2, 0) is 19.1 Å². The average Bonchev–Trinajstić information content (AvgIpc) is 3.47. The summed E-state index contributed by atoms with van der Waals surface area (Å²) in [5, 5.41) is 3.95. The highest BCUT2D eigenvalue weighted by Gasteiger charge is 2.37. The Morgan fingerprint density at radius 3 is 2.82 bits per heavy atom. The molecule has 0 amide bonds. The number of ketones is 1. The van der Waals surface area contributed by atoms with Gasteiger partial charge in [0.05, 0.1) is 6.61 Å². The standard InChI is InChI=1S/C29H33N5O5/c1-4-37-29(36)25-26(35)24(17-20-18-31-27-22(20)6-5-9-30-27)39-28(25)32-23-8-7-21(16-19(23)2)38-15-14-34-12-10-33(3)11-13-34/h5-9,16-18,32H,4,10-15H2,1-3H3,(H,30,31). The number of hydrogen-bond acceptors (Lipinski definition) is 9. The van der Waals surface area contributed by atoms with Gasteiger partial charge in [0.15, 0.2) is 11.3 Å². The summed E-state index contributed by atoms with van der Waals surface area (Å²) in [4.78, 5) is 38.1. The summed E-state index contributed by atoms with van der Waals surface area (Å²) in [6.45, 7) is 9.46. The van der Waals surface area contributed by atoms with Gasteiger partial charge >= 0.3 is 5.97 Å². The van der Waals surface area contributed by atoms with E-state index in [0.717, 1.165) is 55.0 Å². The van der Waals surface area contributed by atoms with Crippen molar-refractivity contribution in [3.8, 4) is 5.75 Å². The molecule has 1 saturated heterocycles. The molecule has 10 heteroatoms. The van der Waals surface area contributed by atoms with Gasteiger partial charge in [0.1, 0.15) is 18.0 Å². The number of carbonyl (C=O) groups is 2. The van der Waals surface area contributed by atoms with Gasteiger partial charge in [0, 0.05) is 61.8 Å². The van der Waals surface area contributed by atoms with Crippen molar-refractivity contribution in [2.75, 3.05) is 58.3 Å². The number of allylic oxidation sites excluding steroid dienone is 1. The van der Waals surface area contributed by atoms with Gasteiger partial charge in [-0.15, -0.1) is 0 Å². The van der Waals surface area contributed by atoms with E-state index in [9.17, 15) is 9.59 Å². The van der Waals surface area contributed by atoms with Gasteiger partial charge < -0.3 is 29.4 Å². The van der Waals surface area contributed by atoms with E-state index >= 15 is 0 Å². The number of likely N-dealkylation sites (N-methyl/N-ethyl adjacent to an activating group) is 1. The quantitative estimate of drug-likeness (QED) is 0.244. The summed E-state index contributed by atoms with van der Waals surface area (Å²) >= 11 is 0. The first-order valence-corrected chi connectivity index (χ1v) is 13.1. The lowest BCUT2D eigenvalue weighted by atomic mass is 10.1. The van der Waals surface area contributed by atoms with Crippen LogP contribution in [0, 0.1) is 6.92 Å². The number of ether oxygens (including phenoxy) is 3. The number of anilines is 1. The van der Waals surface area contributed by atoms with E-state index < -0.39 is 11.8 Å². The number of esters is 1. The van der Waals surface area contributed by atoms with Gasteiger partial charge in [-0.3, -0.25) is 9.69 Å². The lowest BCUT2D eigenvalue weighted by Crippen LogP contribution is -2.45. The first kappa shape index (κ1) is 26.5. The van der Waals surface area contributed by atoms with Crippen LogP contribution in [0.1, 0.15) is 18.1 Å². The van der Waals surface area contributed by atoms with Crippen molar-refractivity contribution >= 4 is 34.5 Å². The van der Waals surface area contributed by atoms with E-state index in [1.165, 1.54) is 0 Å². The van der Waals surface area contributed by atoms with E-state index in [4.69, 9.17) is 14.2 Å². The van der Waals surface area contributed by atoms with E-state index in [-0.39, 0.29) is 23.8 Å². The zero-order valence-electron chi connectivity index (χ0n) is 22.5. The summed E-state index contributed by atoms with van der Waals surface area (Å²) in [6.07, 6.45) is 5.02. The molecule has 1 fully saturated rings. The van der Waals surface area contributed by atoms with Gasteiger partial charge in [-0.1, -0.05) is 0 Å². The Labute approximate surface area is 227 Å². The Kier molecular flexibility index (Phi) is 7.94. The largest absolute Gasteiger partial charge is 0.492 e. The first-order valence-electron chi connectivity index (χ1n) is 13.1. The maximum Gasteiger partial charge on any atom is 0.347 e. The zero-order chi connectivity index (χ0) is 27.4. The second-order valence-electron chi connectivity index (χ2n) is 9.60. The Morgan fingerprint density at radius 2 is 2.05 bits per heavy atom. The summed E-state index contributed by atoms with van der Waals surface area (Å²) in [5.41, 5.74) is 2.80. The van der Waals surface area contributed by atoms with Gasteiger partial charge in [-0.05, 0) is 62.9 Å². The van der Waals surface area contributed by atoms with Gasteiger partial charge in [-0.2, -0.15) is 0 Å². The number of aryl methyl sites for hydroxylation is 1. The van der Waals surface area contributed by atoms with Crippen molar-refractivity contribution in [1.29, 1.82) is 0 Å². The lowest BCUT2D eigenvalue weighted by Gasteiger charge is -2.32. The van der Waals surface area contributed by atoms with Crippen LogP contribution in [0.3, 0.4) is 0 Å². The van der Waals surface area contributed by atoms with Crippen molar-refractivity contribution in [2.24, 2.45) is 0 Å². The molecule has 0 bridgehead atoms. The number of rotatable bonds is 9. The molecular formula is C29H33N5O5. The van der Waals surface area contributed by atoms with Crippen molar-refractivity contribution in [3.63, 3.8) is 0 Å². The first-order chi connectivity index (χ1) is 18.9. The van der Waals surface area contributed by atoms with Gasteiger partial charge in [0.2, 0.25) is 11.7 Å². The van der Waals surface area contributed by atoms with Crippen LogP contribution in [0.2, 0.25) is 0 Å². The minimum absolute atomic E-state index is 0.0202. The predicted molar refractivity (Wildman–Crippen MR) is 148 cm³/mol. The Morgan fingerprint density at radius 1 is 1.23 bits per heavy atom. The summed E-state index contributed by atoms with van der Waals surface area (Å²) in [7, 11) is 2.14. The number of fused-ring (bicyclic) bond motifs is 1. The Bertz CT molecular complexity index is 1430. The van der Waals surface area contributed by atoms with Crippen LogP contribution in [0.4, 0.5) is 5.69 Å². The summed E-state index contributed by atoms with van der Waals surface area (Å²) in [5.74, 6) is -0.476. The number of Topliss-reactive ketones (excluding diaryl/α,β-unsaturated/α-hetero) is 1. The molecule has 2 aliphatic rings. The smallest absolute Gasteiger partial charge is 0.347 e. The molecule has 2 N–H and O–H groups in total. The minimum atomic E-state index is -0.740. The fourth-order valence-electron chi connectivity index (χ4n) is 4.60. The molecule has 4 heterocycles. The minimum Gasteiger partial charge on any atom is -0.492 e. The summed E-state index contributed by atoms with van der Waals surface area (Å²) in [6, 6.07) is 9.33. The molecule has 39 heavy (non-hydrogen) atoms. The molecule has 0 aliphatic carbocycles. The Hall–Kier alpha value is -4.15. The number of benzene rings is 1. The van der Waals surface area contributed by atoms with E-state index in [1.54, 1.807) is 25.4 Å². The van der Waals surface area contributed by atoms with Crippen LogP contribution >= 0.6 is 0 Å². The molecule has 0 unspecified atom stereocenters. The molecule has 5 rings (SSSR count). The molecule has 3 aromatic rings. The van der Waals surface area contributed by atoms with E-state index in [2.05, 4.69) is 32.1 Å². The van der Waals surface area contributed by atoms with Crippen LogP contribution in [0.15, 0.2) is 59.9 Å². The summed E-state index contributed by atoms with van der Waals surface area (Å²) < 4.78 is 17.1. The fraction of sp³-hybridized carbons (Fsp3) is 0.345. The fourth-order valence-corrected chi connectivity index (χ4v) is 4.60. The van der Waals surface area contributed by atoms with Crippen LogP contribution in [-0.4, -0.2) is 84.5 Å². The van der Waals surface area contributed by atoms with Crippen LogP contribution in [0.25, 0.3) is 17.1 Å². The molecule has 1 aromatic carbocycles. The normalized spacial score (nSPS) is 17.6. The highest BCUT2D eigenvalue weighted by molar-refractivity contribution is 6.26. The van der Waals surface area contributed by atoms with Crippen molar-refractivity contribution in [3.05, 3.63) is 71.1 Å². The third-order valence-corrected chi connectivity index (χ3v) is 6.86. The van der Waals surface area contributed by atoms with Gasteiger partial charge in [-0.25, -0.2) is 9.78 Å². The number of nitrogens with zero attached hydrogens (tertiary/aromatic N) is 3. The highest BCUT2D eigenvalue weighted by atomic mass is 16.5. The number of pyridine rings is 1. The second kappa shape index (κ2) is 11.7. The average molecular weight is 532 g/mol. The monoisotopic (exact) mass is 531 g/mol. The van der Waals surface area contributed by atoms with Crippen molar-refractivity contribution in [2.45, 2.75) is 13.8 Å². The van der Waals surface area contributed by atoms with E-state index in [1.807, 2.05) is 37.3 Å². The molecule has 10 nitrogen and oxygen atoms in total. The third kappa shape index (κ3) is 5.97. The number of aromatic amines is 1. The number of aromatic nitrogens is 2. The van der Waals surface area contributed by atoms with Crippen molar-refractivity contribution < 1.29 is 23.8 Å². The SMILES string of the molecule is CCOC(=O)C1=C(Nc2ccc(OCCN3CCN(C)CC3)cc2C)OC(=Cc2c[nH]c3ncccc23)C1=O. The van der Waals surface area contributed by atoms with Crippen LogP contribution in [0.5, 0.6) is 5.75 Å². The molecule has 0 spiro atoms. The van der Waals surface area contributed by atoms with Gasteiger partial charge in [0.25, 0.3) is 0 Å². The zero-order valence-corrected chi connectivity index (χ0v) is 22.5. The Balaban J connectivity index is 1.30. The molecule has 2 aliphatic heterocycles. The number of hydrogen-bond donors (Lipinski definition) is 2. The predicted octanol–water partition coefficient (Wildman–Crippen LogP) is 3.32. The highest BCUT2D eigenvalue weighted by Crippen LogP contribution is 2.32. The molecule has 0 radical (unpaired) electrons. The number of carbonyl (C=O) groups excluding carboxylic acids is 2. The lowest BCUT2D eigenvalue weighted by molar-refractivity contribution is -0.139. The van der Waals surface area contributed by atoms with Crippen molar-refractivity contribution in [1.82, 2.24) is 19.8 Å². The third-order valence-electron chi connectivity index (χ3n) is 6.86. The maximum atomic E-state index is 13.2. The number of piperazine rings is 1. The maximum absolute atomic E-state index is 13.2. The van der Waals surface area contributed by atoms with Crippen LogP contribution < -0.4 is 10.1 Å². The second-order valence-corrected chi connectivity index (χ2v) is 9.60. The topological polar surface area (TPSA) is 109 Å². The van der Waals surface area contributed by atoms with E-state index in [0.29, 0.717) is 17.9 Å². The number of H-pyrrole nitrogens is 1. The molecule has 0 saturated carbocycles. The molecule has 204 valence electrons.